The second-order valence-corrected chi connectivity index (χ2v) is 50.7. The largest absolute Gasteiger partial charge is 0.359 e. The van der Waals surface area contributed by atoms with Gasteiger partial charge in [0.05, 0.1) is 0 Å². The van der Waals surface area contributed by atoms with E-state index in [2.05, 4.69) is 160 Å². The second kappa shape index (κ2) is 105. The lowest BCUT2D eigenvalue weighted by molar-refractivity contribution is -0.139. The number of carbonyl (C=O) groups is 20. The van der Waals surface area contributed by atoms with Gasteiger partial charge in [-0.25, -0.2) is 0 Å². The first kappa shape index (κ1) is 159. The Balaban J connectivity index is -0.000000210. The van der Waals surface area contributed by atoms with Crippen LogP contribution in [0.5, 0.6) is 0 Å². The summed E-state index contributed by atoms with van der Waals surface area (Å²) in [5.41, 5.74) is 13.5. The number of amides is 15. The van der Waals surface area contributed by atoms with Crippen molar-refractivity contribution in [2.45, 2.75) is 282 Å². The van der Waals surface area contributed by atoms with Crippen LogP contribution in [-0.2, 0) is 95.9 Å². The molecule has 9 N–H and O–H groups in total. The lowest BCUT2D eigenvalue weighted by atomic mass is 9.79. The van der Waals surface area contributed by atoms with Crippen LogP contribution in [0, 0.1) is 47.3 Å². The third-order valence-corrected chi connectivity index (χ3v) is 23.2. The van der Waals surface area contributed by atoms with E-state index in [4.69, 9.17) is 0 Å². The van der Waals surface area contributed by atoms with Crippen molar-refractivity contribution in [1.29, 1.82) is 0 Å². The van der Waals surface area contributed by atoms with Gasteiger partial charge in [0.1, 0.15) is 28.9 Å². The number of nitrogens with two attached hydrogens (primary N) is 3. The van der Waals surface area contributed by atoms with Crippen molar-refractivity contribution in [3.8, 4) is 0 Å². The molecule has 0 bridgehead atoms. The number of nitrogens with one attached hydrogen (secondary N) is 3. The highest BCUT2D eigenvalue weighted by molar-refractivity contribution is 14.2. The SMILES string of the molecule is C.C.C.C.CC(=O)C1CCC(CN2C(=O)C=CC2=O)CC1.CC(=O)CCCCCCC(=O)C1CCC(CN2C(=O)C=CC2=O)CC1.CC(=O)CCCCCN1C(=O)C=CC1=O.CN.CN.CN.CNC(=O)C1CCC(CN2C(=O)C=CC2=O)CC1.CNC(=O)CCCCCCC(=O)C1CCC(CN2C(=O)C=CC2=O)CC1.CNC(=O)CCCCCN1C(=O)C=CC1=O.CSI.CSI.CSI.CSI.CSI.CSI. The molecule has 0 unspecified atom stereocenters. The first-order valence-corrected chi connectivity index (χ1v) is 70.0. The van der Waals surface area contributed by atoms with E-state index in [0.717, 1.165) is 193 Å². The molecule has 44 heteroatoms. The summed E-state index contributed by atoms with van der Waals surface area (Å²) in [5, 5.41) is 7.82. The molecule has 4 aliphatic carbocycles. The van der Waals surface area contributed by atoms with E-state index in [1.807, 2.05) is 37.5 Å². The average Bonchev–Trinajstić information content (AvgIpc) is 1.76. The molecule has 15 amide bonds. The minimum atomic E-state index is -0.240. The Labute approximate surface area is 967 Å². The molecule has 0 spiro atoms. The zero-order valence-electron chi connectivity index (χ0n) is 85.0. The molecule has 145 heavy (non-hydrogen) atoms. The highest BCUT2D eigenvalue weighted by atomic mass is 127. The quantitative estimate of drug-likeness (QED) is 0.0190. The van der Waals surface area contributed by atoms with Crippen molar-refractivity contribution >= 4 is 298 Å². The summed E-state index contributed by atoms with van der Waals surface area (Å²) >= 11 is 13.2. The van der Waals surface area contributed by atoms with Crippen LogP contribution in [0.25, 0.3) is 0 Å². The van der Waals surface area contributed by atoms with Crippen molar-refractivity contribution in [3.63, 3.8) is 0 Å². The van der Waals surface area contributed by atoms with E-state index in [1.165, 1.54) is 123 Å². The monoisotopic (exact) mass is 2830 g/mol. The summed E-state index contributed by atoms with van der Waals surface area (Å²) in [7, 11) is 19.7. The molecule has 10 rings (SSSR count). The summed E-state index contributed by atoms with van der Waals surface area (Å²) < 4.78 is 0. The molecule has 0 radical (unpaired) electrons. The van der Waals surface area contributed by atoms with Crippen molar-refractivity contribution in [3.05, 3.63) is 72.9 Å². The highest BCUT2D eigenvalue weighted by Crippen LogP contribution is 2.36. The number of imide groups is 6. The molecule has 10 aliphatic rings. The topological polar surface area (TPSA) is 475 Å². The van der Waals surface area contributed by atoms with Crippen molar-refractivity contribution in [2.75, 3.05) is 119 Å². The Morgan fingerprint density at radius 3 is 0.621 bits per heavy atom. The molecule has 4 fully saturated rings. The smallest absolute Gasteiger partial charge is 0.253 e. The van der Waals surface area contributed by atoms with Crippen molar-refractivity contribution in [2.24, 2.45) is 64.5 Å². The molecular weight excluding hydrogens is 2660 g/mol. The summed E-state index contributed by atoms with van der Waals surface area (Å²) in [6.45, 7) is 7.70. The van der Waals surface area contributed by atoms with Gasteiger partial charge >= 0.3 is 0 Å². The molecule has 0 atom stereocenters. The van der Waals surface area contributed by atoms with Gasteiger partial charge in [0, 0.05) is 196 Å². The third kappa shape index (κ3) is 77.4. The van der Waals surface area contributed by atoms with Crippen LogP contribution in [0.15, 0.2) is 72.9 Å². The number of hydrogen-bond donors (Lipinski definition) is 6. The predicted molar refractivity (Wildman–Crippen MR) is 656 cm³/mol. The first-order chi connectivity index (χ1) is 67.4. The van der Waals surface area contributed by atoms with Crippen LogP contribution in [0.4, 0.5) is 0 Å². The van der Waals surface area contributed by atoms with Gasteiger partial charge in [-0.2, -0.15) is 0 Å². The van der Waals surface area contributed by atoms with E-state index in [0.29, 0.717) is 113 Å². The molecule has 6 heterocycles. The number of ketones is 5. The molecule has 6 aliphatic heterocycles. The molecule has 4 saturated carbocycles. The Hall–Kier alpha value is -3.60. The molecule has 32 nitrogen and oxygen atoms in total. The maximum Gasteiger partial charge on any atom is 0.253 e. The molecule has 0 aromatic carbocycles. The Kier molecular flexibility index (Phi) is 115. The summed E-state index contributed by atoms with van der Waals surface area (Å²) in [4.78, 5) is 235. The number of unbranched alkanes of at least 4 members (excludes halogenated alkanes) is 10. The lowest BCUT2D eigenvalue weighted by Gasteiger charge is -2.30. The van der Waals surface area contributed by atoms with Gasteiger partial charge < -0.3 is 42.7 Å². The van der Waals surface area contributed by atoms with Crippen LogP contribution in [0.3, 0.4) is 0 Å². The van der Waals surface area contributed by atoms with Gasteiger partial charge in [-0.3, -0.25) is 116 Å². The van der Waals surface area contributed by atoms with Gasteiger partial charge in [0.15, 0.2) is 0 Å². The number of carbonyl (C=O) groups excluding carboxylic acids is 20. The Morgan fingerprint density at radius 1 is 0.262 bits per heavy atom. The minimum absolute atomic E-state index is 0. The first-order valence-electron chi connectivity index (χ1n) is 47.4. The van der Waals surface area contributed by atoms with E-state index in [9.17, 15) is 95.9 Å². The second-order valence-electron chi connectivity index (χ2n) is 33.0. The van der Waals surface area contributed by atoms with E-state index in [-0.39, 0.29) is 159 Å². The van der Waals surface area contributed by atoms with E-state index >= 15 is 0 Å². The fraction of sp³-hybridized carbons (Fsp3) is 0.683. The van der Waals surface area contributed by atoms with Gasteiger partial charge in [0.2, 0.25) is 17.7 Å². The molecule has 0 aromatic rings. The zero-order valence-corrected chi connectivity index (χ0v) is 103. The van der Waals surface area contributed by atoms with Crippen molar-refractivity contribution < 1.29 is 95.9 Å². The van der Waals surface area contributed by atoms with Crippen LogP contribution in [-0.4, -0.2) is 266 Å². The summed E-state index contributed by atoms with van der Waals surface area (Å²) in [6.07, 6.45) is 58.2. The highest BCUT2D eigenvalue weighted by Gasteiger charge is 2.36. The molecule has 0 saturated heterocycles. The van der Waals surface area contributed by atoms with Gasteiger partial charge in [-0.15, -0.1) is 0 Å². The van der Waals surface area contributed by atoms with Gasteiger partial charge in [0.25, 0.3) is 70.9 Å². The normalized spacial score (nSPS) is 19.0. The van der Waals surface area contributed by atoms with Gasteiger partial charge in [-0.1, -0.05) is 122 Å². The van der Waals surface area contributed by atoms with E-state index < -0.39 is 0 Å². The predicted octanol–water partition coefficient (Wildman–Crippen LogP) is 20.1. The average molecular weight is 2830 g/mol. The van der Waals surface area contributed by atoms with E-state index in [1.54, 1.807) is 95.5 Å². The van der Waals surface area contributed by atoms with Gasteiger partial charge in [-0.05, 0) is 384 Å². The van der Waals surface area contributed by atoms with Crippen LogP contribution < -0.4 is 33.2 Å². The maximum atomic E-state index is 12.3. The fourth-order valence-electron chi connectivity index (χ4n) is 15.9. The number of hydrogen-bond acceptors (Lipinski definition) is 29. The maximum absolute atomic E-state index is 12.3. The minimum Gasteiger partial charge on any atom is -0.359 e. The molecule has 0 aromatic heterocycles. The van der Waals surface area contributed by atoms with Crippen LogP contribution >= 0.6 is 181 Å². The van der Waals surface area contributed by atoms with Crippen LogP contribution in [0.1, 0.15) is 282 Å². The van der Waals surface area contributed by atoms with Crippen molar-refractivity contribution in [1.82, 2.24) is 45.3 Å². The number of Topliss-reactive ketones (excluding diaryl/α,β-unsaturated/α-hetero) is 5. The zero-order chi connectivity index (χ0) is 108. The fourth-order valence-corrected chi connectivity index (χ4v) is 15.9. The molecule has 836 valence electrons. The number of nitrogens with zero attached hydrogens (tertiary/aromatic N) is 6. The number of rotatable bonds is 38. The summed E-state index contributed by atoms with van der Waals surface area (Å²) in [5.74, 6) is 0.853. The third-order valence-electron chi connectivity index (χ3n) is 23.2. The van der Waals surface area contributed by atoms with Crippen LogP contribution in [0.2, 0.25) is 0 Å². The Bertz CT molecular complexity index is 3800. The molecular formula is C101H174I6N12O20S6. The number of halogens is 6. The standard InChI is InChI=1S/C20H30N2O4.C20H29NO4.C13H18N2O3.C13H17NO3.C11H16N2O3.C11H15NO3.6CH3IS.3CH5N.4CH4/c1-21-18(24)7-5-3-2-4-6-17(23)16-10-8-15(9-11-16)14-22-19(25)12-13-20(22)26;1-15(22)6-4-2-3-5-7-18(23)17-10-8-16(9-11-17)14-21-19(24)12-13-20(21)25;1-14-13(18)10-4-2-9(3-5-10)8-15-11(16)6-7-12(15)17;1-9(15)11-4-2-10(3-5-11)8-14-12(16)6-7-13(14)17;1-12-9(14)5-3-2-4-8-13-10(15)6-7-11(13)16;1-9(13)5-3-2-4-8-12-10(14)6-7-11(12)15;6*1-3-2;3*1-2;;;;/h12-13,15-16H,2-11,14H2,1H3,(H,21,24);12-13,16-17H,2-11,14H2,1H3;6-7,9-10H,2-5,8H2,1H3,(H,14,18);6-7,10-11H,2-5,8H2,1H3;6-7H,2-5,8H2,1H3,(H,12,14);6-7H,2-5,8H2,1H3;6*1H3;3*2H2,1H3;4*1H4. The lowest BCUT2D eigenvalue weighted by Crippen LogP contribution is -2.37. The Morgan fingerprint density at radius 2 is 0.434 bits per heavy atom. The summed E-state index contributed by atoms with van der Waals surface area (Å²) in [6, 6.07) is 0.